The van der Waals surface area contributed by atoms with Crippen LogP contribution in [0.5, 0.6) is 5.88 Å². The molecule has 6 heteroatoms. The standard InChI is InChI=1S/C14H11FN4O/c1-7-11-12(8-3-2-4-9(15)5-8)10(6-16)13(17)20-14(11)19-18-7/h2-5,12H,17H2,1H3,(H,18,19)/t12-/m0/s1. The van der Waals surface area contributed by atoms with E-state index < -0.39 is 5.92 Å². The number of allylic oxidation sites excluding steroid dienone is 1. The fourth-order valence-electron chi connectivity index (χ4n) is 2.42. The van der Waals surface area contributed by atoms with E-state index in [0.29, 0.717) is 17.0 Å². The van der Waals surface area contributed by atoms with Crippen LogP contribution in [0, 0.1) is 24.1 Å². The van der Waals surface area contributed by atoms with E-state index in [1.807, 2.05) is 13.0 Å². The summed E-state index contributed by atoms with van der Waals surface area (Å²) in [6, 6.07) is 8.13. The molecule has 0 bridgehead atoms. The Bertz CT molecular complexity index is 757. The molecule has 0 radical (unpaired) electrons. The number of nitrogens with zero attached hydrogens (tertiary/aromatic N) is 2. The zero-order valence-corrected chi connectivity index (χ0v) is 10.6. The van der Waals surface area contributed by atoms with Gasteiger partial charge in [0.25, 0.3) is 0 Å². The second-order valence-electron chi connectivity index (χ2n) is 4.55. The molecule has 0 saturated heterocycles. The van der Waals surface area contributed by atoms with Gasteiger partial charge in [0.2, 0.25) is 11.8 Å². The maximum atomic E-state index is 13.5. The third kappa shape index (κ3) is 1.72. The van der Waals surface area contributed by atoms with Crippen molar-refractivity contribution in [2.75, 3.05) is 0 Å². The van der Waals surface area contributed by atoms with E-state index in [9.17, 15) is 9.65 Å². The number of H-pyrrole nitrogens is 1. The van der Waals surface area contributed by atoms with E-state index in [2.05, 4.69) is 10.2 Å². The average molecular weight is 270 g/mol. The average Bonchev–Trinajstić information content (AvgIpc) is 2.78. The van der Waals surface area contributed by atoms with Crippen LogP contribution in [0.3, 0.4) is 0 Å². The van der Waals surface area contributed by atoms with Crippen molar-refractivity contribution in [2.45, 2.75) is 12.8 Å². The van der Waals surface area contributed by atoms with Gasteiger partial charge in [-0.05, 0) is 24.6 Å². The minimum Gasteiger partial charge on any atom is -0.420 e. The Morgan fingerprint density at radius 3 is 3.00 bits per heavy atom. The first-order valence-electron chi connectivity index (χ1n) is 5.99. The highest BCUT2D eigenvalue weighted by molar-refractivity contribution is 5.54. The topological polar surface area (TPSA) is 87.7 Å². The van der Waals surface area contributed by atoms with Crippen LogP contribution in [0.4, 0.5) is 4.39 Å². The van der Waals surface area contributed by atoms with E-state index in [1.165, 1.54) is 12.1 Å². The van der Waals surface area contributed by atoms with Crippen LogP contribution in [0.25, 0.3) is 0 Å². The van der Waals surface area contributed by atoms with Gasteiger partial charge in [-0.1, -0.05) is 12.1 Å². The zero-order valence-electron chi connectivity index (χ0n) is 10.6. The van der Waals surface area contributed by atoms with E-state index >= 15 is 0 Å². The van der Waals surface area contributed by atoms with Crippen molar-refractivity contribution in [2.24, 2.45) is 5.73 Å². The van der Waals surface area contributed by atoms with Gasteiger partial charge in [0.15, 0.2) is 0 Å². The zero-order chi connectivity index (χ0) is 14.3. The Morgan fingerprint density at radius 2 is 2.30 bits per heavy atom. The van der Waals surface area contributed by atoms with E-state index in [4.69, 9.17) is 10.5 Å². The smallest absolute Gasteiger partial charge is 0.244 e. The van der Waals surface area contributed by atoms with Gasteiger partial charge in [0.05, 0.1) is 5.92 Å². The number of hydrogen-bond donors (Lipinski definition) is 2. The number of ether oxygens (including phenoxy) is 1. The molecule has 3 rings (SSSR count). The highest BCUT2D eigenvalue weighted by Gasteiger charge is 2.34. The first-order valence-corrected chi connectivity index (χ1v) is 5.99. The number of benzene rings is 1. The third-order valence-corrected chi connectivity index (χ3v) is 3.31. The van der Waals surface area contributed by atoms with Gasteiger partial charge < -0.3 is 10.5 Å². The van der Waals surface area contributed by atoms with Crippen LogP contribution in [0.1, 0.15) is 22.7 Å². The van der Waals surface area contributed by atoms with Crippen molar-refractivity contribution in [1.82, 2.24) is 10.2 Å². The highest BCUT2D eigenvalue weighted by atomic mass is 19.1. The van der Waals surface area contributed by atoms with Crippen LogP contribution >= 0.6 is 0 Å². The number of halogens is 1. The summed E-state index contributed by atoms with van der Waals surface area (Å²) in [6.45, 7) is 1.82. The number of nitrogens with two attached hydrogens (primary N) is 1. The van der Waals surface area contributed by atoms with Crippen molar-refractivity contribution >= 4 is 0 Å². The second kappa shape index (κ2) is 4.38. The van der Waals surface area contributed by atoms with E-state index in [1.54, 1.807) is 12.1 Å². The molecule has 0 fully saturated rings. The van der Waals surface area contributed by atoms with Gasteiger partial charge in [-0.25, -0.2) is 4.39 Å². The van der Waals surface area contributed by atoms with Crippen LogP contribution in [-0.4, -0.2) is 10.2 Å². The van der Waals surface area contributed by atoms with Gasteiger partial charge in [-0.3, -0.25) is 5.10 Å². The van der Waals surface area contributed by atoms with Gasteiger partial charge in [-0.2, -0.15) is 5.26 Å². The van der Waals surface area contributed by atoms with Gasteiger partial charge in [0, 0.05) is 11.3 Å². The molecule has 0 amide bonds. The number of nitrogens with one attached hydrogen (secondary N) is 1. The molecule has 100 valence electrons. The molecule has 0 aliphatic carbocycles. The first kappa shape index (κ1) is 12.2. The fraction of sp³-hybridized carbons (Fsp3) is 0.143. The molecule has 0 spiro atoms. The summed E-state index contributed by atoms with van der Waals surface area (Å²) in [5.74, 6) is -0.514. The minimum atomic E-state index is -0.474. The number of nitriles is 1. The lowest BCUT2D eigenvalue weighted by Crippen LogP contribution is -2.21. The van der Waals surface area contributed by atoms with Gasteiger partial charge >= 0.3 is 0 Å². The molecule has 2 aromatic rings. The summed E-state index contributed by atoms with van der Waals surface area (Å²) in [5.41, 5.74) is 8.13. The highest BCUT2D eigenvalue weighted by Crippen LogP contribution is 2.42. The molecule has 5 nitrogen and oxygen atoms in total. The number of aromatic nitrogens is 2. The van der Waals surface area contributed by atoms with Crippen molar-refractivity contribution in [3.63, 3.8) is 0 Å². The molecule has 1 aliphatic heterocycles. The predicted octanol–water partition coefficient (Wildman–Crippen LogP) is 2.08. The van der Waals surface area contributed by atoms with Crippen LogP contribution in [0.15, 0.2) is 35.7 Å². The second-order valence-corrected chi connectivity index (χ2v) is 4.55. The van der Waals surface area contributed by atoms with Gasteiger partial charge in [-0.15, -0.1) is 5.10 Å². The Labute approximate surface area is 114 Å². The molecule has 2 heterocycles. The number of hydrogen-bond acceptors (Lipinski definition) is 4. The van der Waals surface area contributed by atoms with Crippen LogP contribution in [-0.2, 0) is 0 Å². The molecular formula is C14H11FN4O. The van der Waals surface area contributed by atoms with Crippen LogP contribution in [0.2, 0.25) is 0 Å². The van der Waals surface area contributed by atoms with Crippen molar-refractivity contribution < 1.29 is 9.13 Å². The molecular weight excluding hydrogens is 259 g/mol. The summed E-state index contributed by atoms with van der Waals surface area (Å²) in [6.07, 6.45) is 0. The normalized spacial score (nSPS) is 17.4. The fourth-order valence-corrected chi connectivity index (χ4v) is 2.42. The summed E-state index contributed by atoms with van der Waals surface area (Å²) in [7, 11) is 0. The Balaban J connectivity index is 2.25. The van der Waals surface area contributed by atoms with E-state index in [0.717, 1.165) is 5.69 Å². The number of fused-ring (bicyclic) bond motifs is 1. The number of rotatable bonds is 1. The molecule has 1 aromatic heterocycles. The number of aryl methyl sites for hydroxylation is 1. The summed E-state index contributed by atoms with van der Waals surface area (Å²) < 4.78 is 18.8. The maximum absolute atomic E-state index is 13.5. The first-order chi connectivity index (χ1) is 9.61. The molecule has 1 atom stereocenters. The lowest BCUT2D eigenvalue weighted by atomic mass is 9.84. The SMILES string of the molecule is Cc1[nH]nc2c1[C@@H](c1cccc(F)c1)C(C#N)=C(N)O2. The van der Waals surface area contributed by atoms with Gasteiger partial charge in [0.1, 0.15) is 17.5 Å². The quantitative estimate of drug-likeness (QED) is 0.830. The predicted molar refractivity (Wildman–Crippen MR) is 69.0 cm³/mol. The molecule has 20 heavy (non-hydrogen) atoms. The van der Waals surface area contributed by atoms with Crippen molar-refractivity contribution in [3.05, 3.63) is 58.4 Å². The maximum Gasteiger partial charge on any atom is 0.244 e. The lowest BCUT2D eigenvalue weighted by molar-refractivity contribution is 0.378. The third-order valence-electron chi connectivity index (χ3n) is 3.31. The Morgan fingerprint density at radius 1 is 1.50 bits per heavy atom. The molecule has 1 aromatic carbocycles. The summed E-state index contributed by atoms with van der Waals surface area (Å²) in [5, 5.41) is 16.1. The Kier molecular flexibility index (Phi) is 2.68. The molecule has 0 unspecified atom stereocenters. The largest absolute Gasteiger partial charge is 0.420 e. The Hall–Kier alpha value is -2.81. The minimum absolute atomic E-state index is 0.000705. The molecule has 1 aliphatic rings. The summed E-state index contributed by atoms with van der Waals surface area (Å²) in [4.78, 5) is 0. The van der Waals surface area contributed by atoms with Crippen molar-refractivity contribution in [1.29, 1.82) is 5.26 Å². The molecule has 0 saturated carbocycles. The van der Waals surface area contributed by atoms with Crippen molar-refractivity contribution in [3.8, 4) is 11.9 Å². The monoisotopic (exact) mass is 270 g/mol. The lowest BCUT2D eigenvalue weighted by Gasteiger charge is -2.23. The van der Waals surface area contributed by atoms with Crippen LogP contribution < -0.4 is 10.5 Å². The molecule has 3 N–H and O–H groups in total. The summed E-state index contributed by atoms with van der Waals surface area (Å²) >= 11 is 0. The number of aromatic amines is 1. The van der Waals surface area contributed by atoms with E-state index in [-0.39, 0.29) is 17.3 Å².